The topological polar surface area (TPSA) is 120 Å². The molecule has 3 aliphatic rings. The van der Waals surface area contributed by atoms with Crippen molar-refractivity contribution in [2.24, 2.45) is 0 Å². The Bertz CT molecular complexity index is 1170. The molecule has 1 aromatic carbocycles. The molecule has 0 bridgehead atoms. The number of nitrogens with one attached hydrogen (secondary N) is 1. The molecule has 2 saturated heterocycles. The molecule has 3 amide bonds. The van der Waals surface area contributed by atoms with Gasteiger partial charge in [-0.25, -0.2) is 0 Å². The van der Waals surface area contributed by atoms with Gasteiger partial charge in [0, 0.05) is 69.8 Å². The Hall–Kier alpha value is -3.57. The average molecular weight is 610 g/mol. The van der Waals surface area contributed by atoms with Gasteiger partial charge in [-0.3, -0.25) is 29.0 Å². The van der Waals surface area contributed by atoms with Gasteiger partial charge in [0.05, 0.1) is 19.2 Å². The molecule has 3 heterocycles. The van der Waals surface area contributed by atoms with Crippen molar-refractivity contribution in [3.05, 3.63) is 41.5 Å². The summed E-state index contributed by atoms with van der Waals surface area (Å²) in [7, 11) is 1.55. The lowest BCUT2D eigenvalue weighted by Gasteiger charge is -2.42. The Morgan fingerprint density at radius 2 is 1.80 bits per heavy atom. The van der Waals surface area contributed by atoms with E-state index in [2.05, 4.69) is 15.1 Å². The molecule has 2 fully saturated rings. The van der Waals surface area contributed by atoms with Crippen molar-refractivity contribution in [1.82, 2.24) is 24.9 Å². The number of ether oxygens (including phenoxy) is 1. The number of hydrogen-bond acceptors (Lipinski definition) is 8. The monoisotopic (exact) mass is 609 g/mol. The van der Waals surface area contributed by atoms with Crippen molar-refractivity contribution in [1.29, 1.82) is 0 Å². The van der Waals surface area contributed by atoms with Gasteiger partial charge in [0.25, 0.3) is 5.91 Å². The zero-order valence-electron chi connectivity index (χ0n) is 26.0. The number of nitrogens with zero attached hydrogens (tertiary/aromatic N) is 4. The fraction of sp³-hybridized carbons (Fsp3) is 0.606. The lowest BCUT2D eigenvalue weighted by molar-refractivity contribution is -0.133. The highest BCUT2D eigenvalue weighted by Crippen LogP contribution is 2.33. The van der Waals surface area contributed by atoms with Crippen molar-refractivity contribution in [2.75, 3.05) is 59.5 Å². The summed E-state index contributed by atoms with van der Waals surface area (Å²) in [6.45, 7) is 7.11. The minimum absolute atomic E-state index is 0.167. The second kappa shape index (κ2) is 17.1. The zero-order chi connectivity index (χ0) is 31.3. The lowest BCUT2D eigenvalue weighted by atomic mass is 10.0. The highest BCUT2D eigenvalue weighted by atomic mass is 16.5. The van der Waals surface area contributed by atoms with Crippen LogP contribution in [0, 0.1) is 0 Å². The fourth-order valence-corrected chi connectivity index (χ4v) is 6.39. The van der Waals surface area contributed by atoms with Crippen LogP contribution in [0.4, 0.5) is 0 Å². The van der Waals surface area contributed by atoms with Gasteiger partial charge in [0.2, 0.25) is 11.8 Å². The minimum Gasteiger partial charge on any atom is -0.493 e. The third kappa shape index (κ3) is 8.98. The van der Waals surface area contributed by atoms with Crippen LogP contribution < -0.4 is 10.1 Å². The normalized spacial score (nSPS) is 18.8. The molecule has 0 aliphatic carbocycles. The maximum Gasteiger partial charge on any atom is 0.255 e. The molecule has 0 saturated carbocycles. The average Bonchev–Trinajstić information content (AvgIpc) is 3.39. The molecule has 11 heteroatoms. The molecule has 1 aromatic rings. The number of piperidine rings is 1. The largest absolute Gasteiger partial charge is 0.493 e. The molecule has 11 nitrogen and oxygen atoms in total. The second-order valence-electron chi connectivity index (χ2n) is 11.8. The van der Waals surface area contributed by atoms with E-state index in [0.717, 1.165) is 96.1 Å². The van der Waals surface area contributed by atoms with Crippen LogP contribution in [0.25, 0.3) is 0 Å². The quantitative estimate of drug-likeness (QED) is 0.172. The summed E-state index contributed by atoms with van der Waals surface area (Å²) in [5.41, 5.74) is 1.31. The van der Waals surface area contributed by atoms with E-state index >= 15 is 0 Å². The van der Waals surface area contributed by atoms with Gasteiger partial charge in [-0.2, -0.15) is 0 Å². The van der Waals surface area contributed by atoms with Crippen LogP contribution >= 0.6 is 0 Å². The Kier molecular flexibility index (Phi) is 12.9. The molecule has 3 aliphatic heterocycles. The number of amides is 3. The second-order valence-corrected chi connectivity index (χ2v) is 11.8. The smallest absolute Gasteiger partial charge is 0.255 e. The number of aldehydes is 2. The van der Waals surface area contributed by atoms with Gasteiger partial charge in [0.15, 0.2) is 0 Å². The summed E-state index contributed by atoms with van der Waals surface area (Å²) < 4.78 is 6.05. The Morgan fingerprint density at radius 3 is 2.50 bits per heavy atom. The standard InChI is InChI=1S/C33H47N5O6/c1-34-31(41)12-11-27(25-40)38-24-29-28(33(38)43)8-7-9-30(29)44-23-6-2-3-10-32(42)37-20-18-36(19-21-37)26-13-16-35(17-14-26)15-4-5-22-39/h4-5,7-9,22,25-27H,2-3,6,10-21,23-24H2,1H3,(H,34,41)/b5-4+. The van der Waals surface area contributed by atoms with E-state index in [-0.39, 0.29) is 37.1 Å². The summed E-state index contributed by atoms with van der Waals surface area (Å²) >= 11 is 0. The third-order valence-corrected chi connectivity index (χ3v) is 9.07. The van der Waals surface area contributed by atoms with E-state index in [9.17, 15) is 24.0 Å². The third-order valence-electron chi connectivity index (χ3n) is 9.07. The highest BCUT2D eigenvalue weighted by molar-refractivity contribution is 6.00. The summed E-state index contributed by atoms with van der Waals surface area (Å²) in [5.74, 6) is 0.482. The summed E-state index contributed by atoms with van der Waals surface area (Å²) in [6, 6.07) is 5.29. The van der Waals surface area contributed by atoms with Crippen LogP contribution in [-0.4, -0.2) is 121 Å². The predicted molar refractivity (Wildman–Crippen MR) is 166 cm³/mol. The number of hydrogen-bond donors (Lipinski definition) is 1. The van der Waals surface area contributed by atoms with E-state index in [0.29, 0.717) is 30.4 Å². The number of rotatable bonds is 16. The molecule has 1 atom stereocenters. The number of allylic oxidation sites excluding steroid dienone is 1. The molecule has 0 spiro atoms. The molecule has 0 aromatic heterocycles. The van der Waals surface area contributed by atoms with Crippen LogP contribution in [0.1, 0.15) is 67.3 Å². The van der Waals surface area contributed by atoms with Crippen LogP contribution in [0.15, 0.2) is 30.4 Å². The van der Waals surface area contributed by atoms with Crippen molar-refractivity contribution in [3.8, 4) is 5.75 Å². The number of carbonyl (C=O) groups excluding carboxylic acids is 5. The molecule has 44 heavy (non-hydrogen) atoms. The Labute approximate surface area is 260 Å². The summed E-state index contributed by atoms with van der Waals surface area (Å²) in [5, 5.41) is 2.54. The van der Waals surface area contributed by atoms with Crippen LogP contribution in [0.3, 0.4) is 0 Å². The fourth-order valence-electron chi connectivity index (χ4n) is 6.39. The first-order valence-electron chi connectivity index (χ1n) is 16.0. The van der Waals surface area contributed by atoms with E-state index in [4.69, 9.17) is 4.74 Å². The van der Waals surface area contributed by atoms with Crippen LogP contribution in [-0.2, 0) is 25.7 Å². The maximum absolute atomic E-state index is 13.0. The molecule has 240 valence electrons. The van der Waals surface area contributed by atoms with Gasteiger partial charge >= 0.3 is 0 Å². The zero-order valence-corrected chi connectivity index (χ0v) is 26.0. The maximum atomic E-state index is 13.0. The van der Waals surface area contributed by atoms with Crippen LogP contribution in [0.2, 0.25) is 0 Å². The van der Waals surface area contributed by atoms with E-state index in [1.807, 2.05) is 17.0 Å². The van der Waals surface area contributed by atoms with Gasteiger partial charge < -0.3 is 24.6 Å². The predicted octanol–water partition coefficient (Wildman–Crippen LogP) is 2.04. The molecular weight excluding hydrogens is 562 g/mol. The van der Waals surface area contributed by atoms with Crippen LogP contribution in [0.5, 0.6) is 5.75 Å². The number of unbranched alkanes of at least 4 members (excludes halogenated alkanes) is 2. The molecular formula is C33H47N5O6. The summed E-state index contributed by atoms with van der Waals surface area (Å²) in [4.78, 5) is 68.1. The Morgan fingerprint density at radius 1 is 1.02 bits per heavy atom. The van der Waals surface area contributed by atoms with Crippen molar-refractivity contribution in [2.45, 2.75) is 70.0 Å². The summed E-state index contributed by atoms with van der Waals surface area (Å²) in [6.07, 6.45) is 10.8. The van der Waals surface area contributed by atoms with Gasteiger partial charge in [-0.05, 0) is 69.8 Å². The molecule has 1 N–H and O–H groups in total. The first-order valence-corrected chi connectivity index (χ1v) is 16.0. The van der Waals surface area contributed by atoms with Crippen molar-refractivity contribution < 1.29 is 28.7 Å². The van der Waals surface area contributed by atoms with E-state index < -0.39 is 6.04 Å². The van der Waals surface area contributed by atoms with Crippen molar-refractivity contribution in [3.63, 3.8) is 0 Å². The number of likely N-dealkylation sites (tertiary alicyclic amines) is 1. The molecule has 4 rings (SSSR count). The number of benzene rings is 1. The minimum atomic E-state index is -0.665. The van der Waals surface area contributed by atoms with Gasteiger partial charge in [0.1, 0.15) is 18.3 Å². The Balaban J connectivity index is 1.11. The highest BCUT2D eigenvalue weighted by Gasteiger charge is 2.34. The van der Waals surface area contributed by atoms with Gasteiger partial charge in [-0.15, -0.1) is 0 Å². The molecule has 1 unspecified atom stereocenters. The van der Waals surface area contributed by atoms with E-state index in [1.54, 1.807) is 25.3 Å². The SMILES string of the molecule is CNC(=O)CCC(C=O)N1Cc2c(OCCCCCC(=O)N3CCN(C4CCN(C/C=C/C=O)CC4)CC3)cccc2C1=O. The van der Waals surface area contributed by atoms with Crippen molar-refractivity contribution >= 4 is 30.3 Å². The first kappa shape index (κ1) is 33.3. The number of fused-ring (bicyclic) bond motifs is 1. The number of carbonyl (C=O) groups is 5. The first-order chi connectivity index (χ1) is 21.4. The lowest BCUT2D eigenvalue weighted by Crippen LogP contribution is -2.54. The number of piperazine rings is 1. The molecule has 0 radical (unpaired) electrons. The van der Waals surface area contributed by atoms with E-state index in [1.165, 1.54) is 4.90 Å². The van der Waals surface area contributed by atoms with Gasteiger partial charge in [-0.1, -0.05) is 12.1 Å².